The summed E-state index contributed by atoms with van der Waals surface area (Å²) in [7, 11) is 0. The van der Waals surface area contributed by atoms with E-state index in [4.69, 9.17) is 4.74 Å². The Morgan fingerprint density at radius 3 is 2.26 bits per heavy atom. The van der Waals surface area contributed by atoms with Crippen LogP contribution in [-0.2, 0) is 4.74 Å². The molecule has 2 aromatic rings. The average molecular weight is 526 g/mol. The molecule has 2 heterocycles. The van der Waals surface area contributed by atoms with E-state index in [1.807, 2.05) is 0 Å². The fraction of sp³-hybridized carbons (Fsp3) is 0.700. The summed E-state index contributed by atoms with van der Waals surface area (Å²) < 4.78 is 5.49. The normalized spacial score (nSPS) is 17.3. The van der Waals surface area contributed by atoms with E-state index in [0.717, 1.165) is 50.9 Å². The molecule has 38 heavy (non-hydrogen) atoms. The molecule has 0 radical (unpaired) electrons. The van der Waals surface area contributed by atoms with Gasteiger partial charge >= 0.3 is 0 Å². The van der Waals surface area contributed by atoms with Crippen LogP contribution >= 0.6 is 0 Å². The summed E-state index contributed by atoms with van der Waals surface area (Å²) in [6.07, 6.45) is 18.8. The number of anilines is 3. The quantitative estimate of drug-likeness (QED) is 0.230. The Morgan fingerprint density at radius 1 is 0.842 bits per heavy atom. The monoisotopic (exact) mass is 525 g/mol. The number of aromatic nitrogens is 1. The number of ether oxygens (including phenoxy) is 1. The Morgan fingerprint density at radius 2 is 1.50 bits per heavy atom. The highest BCUT2D eigenvalue weighted by atomic mass is 16.5. The number of hydrogen-bond acceptors (Lipinski definition) is 8. The van der Waals surface area contributed by atoms with Crippen LogP contribution in [0, 0.1) is 0 Å². The minimum absolute atomic E-state index is 0.369. The van der Waals surface area contributed by atoms with Crippen molar-refractivity contribution in [2.24, 2.45) is 0 Å². The largest absolute Gasteiger partial charge is 0.380 e. The van der Waals surface area contributed by atoms with Gasteiger partial charge in [-0.2, -0.15) is 0 Å². The van der Waals surface area contributed by atoms with Gasteiger partial charge in [-0.05, 0) is 63.9 Å². The van der Waals surface area contributed by atoms with Gasteiger partial charge in [0.25, 0.3) is 10.9 Å². The highest BCUT2D eigenvalue weighted by Gasteiger charge is 2.22. The number of pyridine rings is 1. The molecule has 0 amide bonds. The van der Waals surface area contributed by atoms with Crippen molar-refractivity contribution in [2.75, 3.05) is 63.1 Å². The van der Waals surface area contributed by atoms with E-state index >= 15 is 0 Å². The lowest BCUT2D eigenvalue weighted by Gasteiger charge is -2.35. The minimum Gasteiger partial charge on any atom is -0.380 e. The summed E-state index contributed by atoms with van der Waals surface area (Å²) in [4.78, 5) is 33.3. The Bertz CT molecular complexity index is 995. The molecular weight excluding hydrogens is 478 g/mol. The van der Waals surface area contributed by atoms with Crippen LogP contribution in [0.3, 0.4) is 0 Å². The van der Waals surface area contributed by atoms with Crippen molar-refractivity contribution in [1.29, 1.82) is 0 Å². The predicted octanol–water partition coefficient (Wildman–Crippen LogP) is 4.53. The fourth-order valence-corrected chi connectivity index (χ4v) is 5.86. The van der Waals surface area contributed by atoms with E-state index < -0.39 is 10.9 Å². The molecule has 2 fully saturated rings. The molecule has 0 bridgehead atoms. The van der Waals surface area contributed by atoms with Crippen LogP contribution in [0.1, 0.15) is 77.0 Å². The lowest BCUT2D eigenvalue weighted by atomic mass is 9.93. The van der Waals surface area contributed by atoms with Gasteiger partial charge in [-0.15, -0.1) is 0 Å². The molecule has 1 saturated heterocycles. The lowest BCUT2D eigenvalue weighted by Crippen LogP contribution is -2.41. The Hall–Kier alpha value is -2.29. The lowest BCUT2D eigenvalue weighted by molar-refractivity contribution is 0.0348. The van der Waals surface area contributed by atoms with Gasteiger partial charge in [-0.3, -0.25) is 19.5 Å². The van der Waals surface area contributed by atoms with Gasteiger partial charge in [-0.1, -0.05) is 44.9 Å². The number of nitrogens with zero attached hydrogens (tertiary/aromatic N) is 3. The molecule has 1 aliphatic heterocycles. The van der Waals surface area contributed by atoms with Crippen molar-refractivity contribution in [3.63, 3.8) is 0 Å². The first-order valence-corrected chi connectivity index (χ1v) is 15.0. The number of morpholine rings is 1. The number of hydrogen-bond donors (Lipinski definition) is 2. The summed E-state index contributed by atoms with van der Waals surface area (Å²) in [6.45, 7) is 8.37. The first-order valence-electron chi connectivity index (χ1n) is 15.0. The van der Waals surface area contributed by atoms with E-state index in [9.17, 15) is 9.59 Å². The SMILES string of the molecule is O=c1c(NCCCCCCCCN(CCCN2CCOCC2)C2CCCCC2)c(Nc2ccncc2)c1=O. The van der Waals surface area contributed by atoms with Gasteiger partial charge < -0.3 is 20.3 Å². The summed E-state index contributed by atoms with van der Waals surface area (Å²) in [5.74, 6) is 0. The maximum atomic E-state index is 12.0. The number of rotatable bonds is 17. The Labute approximate surface area is 227 Å². The van der Waals surface area contributed by atoms with Crippen molar-refractivity contribution in [2.45, 2.75) is 83.1 Å². The van der Waals surface area contributed by atoms with Gasteiger partial charge in [0.05, 0.1) is 13.2 Å². The second-order valence-electron chi connectivity index (χ2n) is 11.0. The van der Waals surface area contributed by atoms with Crippen LogP contribution < -0.4 is 21.5 Å². The maximum absolute atomic E-state index is 12.0. The zero-order valence-electron chi connectivity index (χ0n) is 23.1. The highest BCUT2D eigenvalue weighted by Crippen LogP contribution is 2.24. The number of unbranched alkanes of at least 4 members (excludes halogenated alkanes) is 5. The first-order chi connectivity index (χ1) is 18.7. The third kappa shape index (κ3) is 8.89. The summed E-state index contributed by atoms with van der Waals surface area (Å²) in [5.41, 5.74) is 0.674. The molecule has 4 rings (SSSR count). The van der Waals surface area contributed by atoms with Crippen LogP contribution in [0.15, 0.2) is 34.1 Å². The topological polar surface area (TPSA) is 86.8 Å². The van der Waals surface area contributed by atoms with Crippen LogP contribution in [0.25, 0.3) is 0 Å². The van der Waals surface area contributed by atoms with Crippen molar-refractivity contribution in [1.82, 2.24) is 14.8 Å². The Balaban J connectivity index is 1.07. The standard InChI is InChI=1S/C30H47N5O3/c36-29-27(28(30(29)37)33-25-13-16-31-17-14-25)32-15-8-3-1-2-4-9-19-35(26-11-6-5-7-12-26)20-10-18-34-21-23-38-24-22-34/h13-14,16-17,26,32H,1-12,15,18-24H2,(H,31,33). The minimum atomic E-state index is -0.451. The zero-order chi connectivity index (χ0) is 26.4. The summed E-state index contributed by atoms with van der Waals surface area (Å²) in [6, 6.07) is 4.36. The fourth-order valence-electron chi connectivity index (χ4n) is 5.86. The van der Waals surface area contributed by atoms with Crippen LogP contribution in [0.5, 0.6) is 0 Å². The third-order valence-corrected chi connectivity index (χ3v) is 8.15. The Kier molecular flexibility index (Phi) is 12.1. The van der Waals surface area contributed by atoms with Crippen LogP contribution in [0.2, 0.25) is 0 Å². The van der Waals surface area contributed by atoms with Crippen LogP contribution in [0.4, 0.5) is 17.1 Å². The smallest absolute Gasteiger partial charge is 0.253 e. The van der Waals surface area contributed by atoms with Crippen molar-refractivity contribution in [3.8, 4) is 0 Å². The summed E-state index contributed by atoms with van der Waals surface area (Å²) in [5, 5.41) is 6.22. The van der Waals surface area contributed by atoms with E-state index in [-0.39, 0.29) is 0 Å². The average Bonchev–Trinajstić information content (AvgIpc) is 2.97. The predicted molar refractivity (Wildman–Crippen MR) is 155 cm³/mol. The van der Waals surface area contributed by atoms with Gasteiger partial charge in [-0.25, -0.2) is 0 Å². The first kappa shape index (κ1) is 28.7. The van der Waals surface area contributed by atoms with Crippen molar-refractivity contribution < 1.29 is 4.74 Å². The van der Waals surface area contributed by atoms with Gasteiger partial charge in [0.2, 0.25) is 0 Å². The van der Waals surface area contributed by atoms with Gasteiger partial charge in [0.15, 0.2) is 0 Å². The molecule has 0 spiro atoms. The molecule has 8 heteroatoms. The molecular formula is C30H47N5O3. The molecule has 0 atom stereocenters. The second-order valence-corrected chi connectivity index (χ2v) is 11.0. The number of nitrogens with one attached hydrogen (secondary N) is 2. The second kappa shape index (κ2) is 16.0. The van der Waals surface area contributed by atoms with Crippen LogP contribution in [-0.4, -0.2) is 73.3 Å². The zero-order valence-corrected chi connectivity index (χ0v) is 23.1. The molecule has 8 nitrogen and oxygen atoms in total. The van der Waals surface area contributed by atoms with E-state index in [2.05, 4.69) is 25.4 Å². The third-order valence-electron chi connectivity index (χ3n) is 8.15. The van der Waals surface area contributed by atoms with Crippen molar-refractivity contribution in [3.05, 3.63) is 45.0 Å². The highest BCUT2D eigenvalue weighted by molar-refractivity contribution is 5.78. The molecule has 2 N–H and O–H groups in total. The molecule has 2 aliphatic rings. The van der Waals surface area contributed by atoms with E-state index in [0.29, 0.717) is 17.9 Å². The maximum Gasteiger partial charge on any atom is 0.253 e. The van der Waals surface area contributed by atoms with E-state index in [1.54, 1.807) is 24.5 Å². The van der Waals surface area contributed by atoms with E-state index in [1.165, 1.54) is 83.8 Å². The van der Waals surface area contributed by atoms with Crippen molar-refractivity contribution >= 4 is 17.1 Å². The molecule has 1 aliphatic carbocycles. The molecule has 1 aromatic carbocycles. The summed E-state index contributed by atoms with van der Waals surface area (Å²) >= 11 is 0. The van der Waals surface area contributed by atoms with Gasteiger partial charge in [0.1, 0.15) is 11.4 Å². The molecule has 210 valence electrons. The molecule has 1 saturated carbocycles. The molecule has 1 aromatic heterocycles. The molecule has 0 unspecified atom stereocenters. The van der Waals surface area contributed by atoms with Gasteiger partial charge in [0, 0.05) is 43.8 Å².